The molecule has 1 amide bonds. The molecule has 0 fully saturated rings. The molecule has 3 aromatic rings. The number of para-hydroxylation sites is 1. The van der Waals surface area contributed by atoms with E-state index in [1.54, 1.807) is 7.11 Å². The maximum atomic E-state index is 12.8. The summed E-state index contributed by atoms with van der Waals surface area (Å²) in [6, 6.07) is 16.0. The Bertz CT molecular complexity index is 897. The first-order valence-electron chi connectivity index (χ1n) is 8.16. The summed E-state index contributed by atoms with van der Waals surface area (Å²) in [6.45, 7) is 0.348. The number of carbonyl (C=O) groups is 1. The van der Waals surface area contributed by atoms with Crippen molar-refractivity contribution >= 4 is 16.9 Å². The third kappa shape index (κ3) is 2.49. The molecule has 122 valence electrons. The Morgan fingerprint density at radius 2 is 2.00 bits per heavy atom. The van der Waals surface area contributed by atoms with E-state index in [1.807, 2.05) is 36.4 Å². The SMILES string of the molecule is COCc1c(C(=O)NC2CCc3ccccc32)oc2ccccc12. The lowest BCUT2D eigenvalue weighted by Crippen LogP contribution is -2.27. The van der Waals surface area contributed by atoms with Crippen LogP contribution in [0.4, 0.5) is 0 Å². The van der Waals surface area contributed by atoms with Gasteiger partial charge >= 0.3 is 0 Å². The van der Waals surface area contributed by atoms with Gasteiger partial charge in [-0.15, -0.1) is 0 Å². The summed E-state index contributed by atoms with van der Waals surface area (Å²) in [5.41, 5.74) is 4.03. The summed E-state index contributed by atoms with van der Waals surface area (Å²) in [4.78, 5) is 12.8. The Balaban J connectivity index is 1.66. The number of carbonyl (C=O) groups excluding carboxylic acids is 1. The number of aryl methyl sites for hydroxylation is 1. The lowest BCUT2D eigenvalue weighted by molar-refractivity contribution is 0.0904. The van der Waals surface area contributed by atoms with Gasteiger partial charge in [-0.05, 0) is 30.0 Å². The summed E-state index contributed by atoms with van der Waals surface area (Å²) in [6.07, 6.45) is 1.91. The van der Waals surface area contributed by atoms with E-state index in [2.05, 4.69) is 17.4 Å². The van der Waals surface area contributed by atoms with Crippen LogP contribution in [-0.4, -0.2) is 13.0 Å². The molecule has 24 heavy (non-hydrogen) atoms. The van der Waals surface area contributed by atoms with Gasteiger partial charge in [0.2, 0.25) is 0 Å². The maximum absolute atomic E-state index is 12.8. The first kappa shape index (κ1) is 15.0. The zero-order chi connectivity index (χ0) is 16.5. The molecule has 1 aliphatic carbocycles. The molecule has 0 saturated carbocycles. The lowest BCUT2D eigenvalue weighted by atomic mass is 10.1. The predicted octanol–water partition coefficient (Wildman–Crippen LogP) is 4.00. The van der Waals surface area contributed by atoms with E-state index in [4.69, 9.17) is 9.15 Å². The number of rotatable bonds is 4. The standard InChI is InChI=1S/C20H19NO3/c1-23-12-16-15-8-4-5-9-18(15)24-19(16)20(22)21-17-11-10-13-6-2-3-7-14(13)17/h2-9,17H,10-12H2,1H3,(H,21,22). The van der Waals surface area contributed by atoms with Gasteiger partial charge in [0.25, 0.3) is 5.91 Å². The Labute approximate surface area is 140 Å². The van der Waals surface area contributed by atoms with Gasteiger partial charge in [0, 0.05) is 18.1 Å². The highest BCUT2D eigenvalue weighted by molar-refractivity contribution is 5.99. The van der Waals surface area contributed by atoms with Gasteiger partial charge in [0.15, 0.2) is 5.76 Å². The van der Waals surface area contributed by atoms with E-state index >= 15 is 0 Å². The monoisotopic (exact) mass is 321 g/mol. The molecule has 4 rings (SSSR count). The van der Waals surface area contributed by atoms with E-state index in [0.717, 1.165) is 23.8 Å². The molecule has 2 aromatic carbocycles. The van der Waals surface area contributed by atoms with E-state index in [0.29, 0.717) is 18.0 Å². The minimum Gasteiger partial charge on any atom is -0.451 e. The lowest BCUT2D eigenvalue weighted by Gasteiger charge is -2.13. The van der Waals surface area contributed by atoms with Gasteiger partial charge in [-0.3, -0.25) is 4.79 Å². The number of fused-ring (bicyclic) bond motifs is 2. The van der Waals surface area contributed by atoms with Crippen LogP contribution in [0.3, 0.4) is 0 Å². The number of amides is 1. The van der Waals surface area contributed by atoms with Crippen LogP contribution in [0.5, 0.6) is 0 Å². The van der Waals surface area contributed by atoms with Gasteiger partial charge in [-0.1, -0.05) is 42.5 Å². The fraction of sp³-hybridized carbons (Fsp3) is 0.250. The summed E-state index contributed by atoms with van der Waals surface area (Å²) < 4.78 is 11.1. The van der Waals surface area contributed by atoms with Crippen LogP contribution in [0.25, 0.3) is 11.0 Å². The van der Waals surface area contributed by atoms with Crippen LogP contribution < -0.4 is 5.32 Å². The van der Waals surface area contributed by atoms with Crippen molar-refractivity contribution in [3.63, 3.8) is 0 Å². The minimum absolute atomic E-state index is 0.0392. The first-order chi connectivity index (χ1) is 11.8. The highest BCUT2D eigenvalue weighted by Crippen LogP contribution is 2.32. The maximum Gasteiger partial charge on any atom is 0.287 e. The van der Waals surface area contributed by atoms with E-state index in [9.17, 15) is 4.79 Å². The zero-order valence-corrected chi connectivity index (χ0v) is 13.5. The van der Waals surface area contributed by atoms with Crippen molar-refractivity contribution < 1.29 is 13.9 Å². The molecule has 0 aliphatic heterocycles. The van der Waals surface area contributed by atoms with Gasteiger partial charge in [-0.25, -0.2) is 0 Å². The molecule has 4 nitrogen and oxygen atoms in total. The average molecular weight is 321 g/mol. The largest absolute Gasteiger partial charge is 0.451 e. The zero-order valence-electron chi connectivity index (χ0n) is 13.5. The second-order valence-electron chi connectivity index (χ2n) is 6.10. The van der Waals surface area contributed by atoms with Crippen molar-refractivity contribution in [2.75, 3.05) is 7.11 Å². The molecule has 1 aliphatic rings. The summed E-state index contributed by atoms with van der Waals surface area (Å²) in [5, 5.41) is 4.05. The molecule has 1 unspecified atom stereocenters. The van der Waals surface area contributed by atoms with Crippen LogP contribution in [-0.2, 0) is 17.8 Å². The number of methoxy groups -OCH3 is 1. The topological polar surface area (TPSA) is 51.5 Å². The Morgan fingerprint density at radius 3 is 2.88 bits per heavy atom. The van der Waals surface area contributed by atoms with Crippen molar-refractivity contribution in [3.8, 4) is 0 Å². The normalized spacial score (nSPS) is 16.3. The third-order valence-corrected chi connectivity index (χ3v) is 4.63. The van der Waals surface area contributed by atoms with Crippen LogP contribution in [0.1, 0.15) is 39.7 Å². The highest BCUT2D eigenvalue weighted by atomic mass is 16.5. The van der Waals surface area contributed by atoms with Crippen molar-refractivity contribution in [2.24, 2.45) is 0 Å². The molecule has 4 heteroatoms. The second-order valence-corrected chi connectivity index (χ2v) is 6.10. The average Bonchev–Trinajstić information content (AvgIpc) is 3.18. The van der Waals surface area contributed by atoms with Crippen molar-refractivity contribution in [1.29, 1.82) is 0 Å². The Morgan fingerprint density at radius 1 is 1.21 bits per heavy atom. The minimum atomic E-state index is -0.181. The quantitative estimate of drug-likeness (QED) is 0.790. The van der Waals surface area contributed by atoms with Gasteiger partial charge in [-0.2, -0.15) is 0 Å². The Kier molecular flexibility index (Phi) is 3.82. The smallest absolute Gasteiger partial charge is 0.287 e. The highest BCUT2D eigenvalue weighted by Gasteiger charge is 2.27. The Hall–Kier alpha value is -2.59. The molecule has 1 N–H and O–H groups in total. The van der Waals surface area contributed by atoms with Crippen LogP contribution in [0.2, 0.25) is 0 Å². The van der Waals surface area contributed by atoms with Gasteiger partial charge in [0.05, 0.1) is 12.6 Å². The first-order valence-corrected chi connectivity index (χ1v) is 8.16. The van der Waals surface area contributed by atoms with Crippen LogP contribution in [0.15, 0.2) is 52.9 Å². The number of hydrogen-bond donors (Lipinski definition) is 1. The molecule has 1 atom stereocenters. The van der Waals surface area contributed by atoms with Crippen LogP contribution >= 0.6 is 0 Å². The number of furan rings is 1. The predicted molar refractivity (Wildman–Crippen MR) is 91.9 cm³/mol. The molecular formula is C20H19NO3. The third-order valence-electron chi connectivity index (χ3n) is 4.63. The molecule has 0 bridgehead atoms. The van der Waals surface area contributed by atoms with Crippen LogP contribution in [0, 0.1) is 0 Å². The van der Waals surface area contributed by atoms with Gasteiger partial charge < -0.3 is 14.5 Å². The van der Waals surface area contributed by atoms with Crippen molar-refractivity contribution in [2.45, 2.75) is 25.5 Å². The fourth-order valence-corrected chi connectivity index (χ4v) is 3.50. The molecule has 0 spiro atoms. The molecule has 1 heterocycles. The van der Waals surface area contributed by atoms with E-state index in [-0.39, 0.29) is 11.9 Å². The van der Waals surface area contributed by atoms with Crippen molar-refractivity contribution in [1.82, 2.24) is 5.32 Å². The summed E-state index contributed by atoms with van der Waals surface area (Å²) >= 11 is 0. The second kappa shape index (κ2) is 6.13. The molecule has 1 aromatic heterocycles. The van der Waals surface area contributed by atoms with E-state index < -0.39 is 0 Å². The number of nitrogens with one attached hydrogen (secondary N) is 1. The molecule has 0 saturated heterocycles. The van der Waals surface area contributed by atoms with E-state index in [1.165, 1.54) is 11.1 Å². The number of benzene rings is 2. The molecule has 0 radical (unpaired) electrons. The molecular weight excluding hydrogens is 302 g/mol. The van der Waals surface area contributed by atoms with Crippen molar-refractivity contribution in [3.05, 3.63) is 71.0 Å². The number of hydrogen-bond acceptors (Lipinski definition) is 3. The fourth-order valence-electron chi connectivity index (χ4n) is 3.50. The summed E-state index contributed by atoms with van der Waals surface area (Å²) in [5.74, 6) is 0.169. The van der Waals surface area contributed by atoms with Gasteiger partial charge in [0.1, 0.15) is 5.58 Å². The summed E-state index contributed by atoms with van der Waals surface area (Å²) in [7, 11) is 1.62. The number of ether oxygens (including phenoxy) is 1.